The fourth-order valence-electron chi connectivity index (χ4n) is 2.99. The lowest BCUT2D eigenvalue weighted by atomic mass is 10.1. The molecule has 0 bridgehead atoms. The lowest BCUT2D eigenvalue weighted by molar-refractivity contribution is -0.112. The highest BCUT2D eigenvalue weighted by Gasteiger charge is 2.11. The third kappa shape index (κ3) is 5.02. The Labute approximate surface area is 159 Å². The highest BCUT2D eigenvalue weighted by atomic mass is 16.1. The molecule has 0 saturated carbocycles. The zero-order valence-electron chi connectivity index (χ0n) is 15.1. The Balaban J connectivity index is 1.61. The van der Waals surface area contributed by atoms with Crippen LogP contribution in [0.2, 0.25) is 0 Å². The smallest absolute Gasteiger partial charge is 0.267 e. The van der Waals surface area contributed by atoms with Crippen LogP contribution in [0.5, 0.6) is 0 Å². The maximum Gasteiger partial charge on any atom is 0.267 e. The first-order valence-electron chi connectivity index (χ1n) is 9.04. The summed E-state index contributed by atoms with van der Waals surface area (Å²) in [4.78, 5) is 14.6. The van der Waals surface area contributed by atoms with Crippen LogP contribution in [0.25, 0.3) is 0 Å². The minimum atomic E-state index is -0.472. The molecule has 0 radical (unpaired) electrons. The molecular weight excluding hydrogens is 338 g/mol. The third-order valence-corrected chi connectivity index (χ3v) is 4.51. The molecule has 0 unspecified atom stereocenters. The van der Waals surface area contributed by atoms with Gasteiger partial charge < -0.3 is 21.3 Å². The summed E-state index contributed by atoms with van der Waals surface area (Å²) in [5.74, 6) is -0.472. The van der Waals surface area contributed by atoms with E-state index in [-0.39, 0.29) is 5.57 Å². The van der Waals surface area contributed by atoms with Gasteiger partial charge in [-0.3, -0.25) is 4.79 Å². The Hall–Kier alpha value is -3.46. The number of nitrogen functional groups attached to an aromatic ring is 1. The van der Waals surface area contributed by atoms with Crippen LogP contribution in [0, 0.1) is 11.3 Å². The molecule has 0 aliphatic carbocycles. The predicted molar refractivity (Wildman–Crippen MR) is 109 cm³/mol. The van der Waals surface area contributed by atoms with Gasteiger partial charge in [-0.05, 0) is 67.8 Å². The van der Waals surface area contributed by atoms with E-state index in [0.29, 0.717) is 11.4 Å². The standard InChI is InChI=1S/C21H23N5O/c22-14-16(21(27)25-19-6-4-17(23)5-7-19)15-24-18-8-10-20(11-9-18)26-12-2-1-3-13-26/h4-11,15,24H,1-3,12-13,23H2,(H,25,27)/b16-15-. The number of nitrogens with one attached hydrogen (secondary N) is 2. The van der Waals surface area contributed by atoms with Gasteiger partial charge in [0.25, 0.3) is 5.91 Å². The lowest BCUT2D eigenvalue weighted by Gasteiger charge is -2.28. The molecule has 1 fully saturated rings. The Bertz CT molecular complexity index is 844. The van der Waals surface area contributed by atoms with Gasteiger partial charge in [-0.25, -0.2) is 0 Å². The van der Waals surface area contributed by atoms with Crippen molar-refractivity contribution in [3.05, 3.63) is 60.3 Å². The number of carbonyl (C=O) groups excluding carboxylic acids is 1. The molecule has 6 heteroatoms. The van der Waals surface area contributed by atoms with Crippen molar-refractivity contribution >= 4 is 28.7 Å². The summed E-state index contributed by atoms with van der Waals surface area (Å²) in [7, 11) is 0. The van der Waals surface area contributed by atoms with Crippen LogP contribution in [0.4, 0.5) is 22.7 Å². The molecule has 138 valence electrons. The molecule has 4 N–H and O–H groups in total. The number of rotatable bonds is 5. The van der Waals surface area contributed by atoms with Crippen LogP contribution in [-0.2, 0) is 4.79 Å². The molecule has 0 aromatic heterocycles. The maximum absolute atomic E-state index is 12.2. The van der Waals surface area contributed by atoms with Crippen molar-refractivity contribution in [3.63, 3.8) is 0 Å². The number of nitrogens with zero attached hydrogens (tertiary/aromatic N) is 2. The number of hydrogen-bond acceptors (Lipinski definition) is 5. The predicted octanol–water partition coefficient (Wildman–Crippen LogP) is 3.72. The second-order valence-electron chi connectivity index (χ2n) is 6.48. The molecule has 1 amide bonds. The number of amides is 1. The number of benzene rings is 2. The summed E-state index contributed by atoms with van der Waals surface area (Å²) in [5, 5.41) is 15.0. The molecule has 3 rings (SSSR count). The molecule has 1 aliphatic heterocycles. The molecular formula is C21H23N5O. The van der Waals surface area contributed by atoms with E-state index in [1.165, 1.54) is 31.1 Å². The number of nitriles is 1. The van der Waals surface area contributed by atoms with Gasteiger partial charge in [0.15, 0.2) is 0 Å². The van der Waals surface area contributed by atoms with Crippen molar-refractivity contribution < 1.29 is 4.79 Å². The van der Waals surface area contributed by atoms with Crippen LogP contribution in [0.3, 0.4) is 0 Å². The summed E-state index contributed by atoms with van der Waals surface area (Å²) >= 11 is 0. The fraction of sp³-hybridized carbons (Fsp3) is 0.238. The van der Waals surface area contributed by atoms with Gasteiger partial charge >= 0.3 is 0 Å². The fourth-order valence-corrected chi connectivity index (χ4v) is 2.99. The van der Waals surface area contributed by atoms with Crippen molar-refractivity contribution in [1.82, 2.24) is 0 Å². The van der Waals surface area contributed by atoms with E-state index in [2.05, 4.69) is 27.7 Å². The lowest BCUT2D eigenvalue weighted by Crippen LogP contribution is -2.29. The molecule has 1 aliphatic rings. The van der Waals surface area contributed by atoms with Crippen molar-refractivity contribution in [2.24, 2.45) is 0 Å². The summed E-state index contributed by atoms with van der Waals surface area (Å²) in [6, 6.07) is 16.7. The molecule has 1 heterocycles. The number of anilines is 4. The normalized spacial score (nSPS) is 14.3. The highest BCUT2D eigenvalue weighted by Crippen LogP contribution is 2.22. The van der Waals surface area contributed by atoms with E-state index < -0.39 is 5.91 Å². The average Bonchev–Trinajstić information content (AvgIpc) is 2.71. The first kappa shape index (κ1) is 18.3. The summed E-state index contributed by atoms with van der Waals surface area (Å²) < 4.78 is 0. The zero-order valence-corrected chi connectivity index (χ0v) is 15.1. The second kappa shape index (κ2) is 8.77. The van der Waals surface area contributed by atoms with Crippen LogP contribution >= 0.6 is 0 Å². The molecule has 2 aromatic rings. The van der Waals surface area contributed by atoms with E-state index in [4.69, 9.17) is 5.73 Å². The van der Waals surface area contributed by atoms with Gasteiger partial charge in [0, 0.05) is 42.0 Å². The van der Waals surface area contributed by atoms with Crippen molar-refractivity contribution in [1.29, 1.82) is 5.26 Å². The zero-order chi connectivity index (χ0) is 19.1. The Morgan fingerprint density at radius 1 is 1.00 bits per heavy atom. The van der Waals surface area contributed by atoms with Crippen LogP contribution in [0.1, 0.15) is 19.3 Å². The molecule has 0 spiro atoms. The average molecular weight is 361 g/mol. The maximum atomic E-state index is 12.2. The van der Waals surface area contributed by atoms with Gasteiger partial charge in [0.1, 0.15) is 11.6 Å². The Morgan fingerprint density at radius 2 is 1.63 bits per heavy atom. The minimum Gasteiger partial charge on any atom is -0.399 e. The van der Waals surface area contributed by atoms with Gasteiger partial charge in [-0.2, -0.15) is 5.26 Å². The first-order valence-corrected chi connectivity index (χ1v) is 9.04. The van der Waals surface area contributed by atoms with Crippen LogP contribution in [0.15, 0.2) is 60.3 Å². The highest BCUT2D eigenvalue weighted by molar-refractivity contribution is 6.06. The number of nitrogens with two attached hydrogens (primary N) is 1. The van der Waals surface area contributed by atoms with Crippen LogP contribution < -0.4 is 21.3 Å². The molecule has 27 heavy (non-hydrogen) atoms. The topological polar surface area (TPSA) is 94.2 Å². The summed E-state index contributed by atoms with van der Waals surface area (Å²) in [5.41, 5.74) is 8.83. The minimum absolute atomic E-state index is 0.00747. The summed E-state index contributed by atoms with van der Waals surface area (Å²) in [6.07, 6.45) is 5.19. The number of piperidine rings is 1. The van der Waals surface area contributed by atoms with Gasteiger partial charge in [0.2, 0.25) is 0 Å². The van der Waals surface area contributed by atoms with Crippen molar-refractivity contribution in [2.75, 3.05) is 34.4 Å². The number of carbonyl (C=O) groups is 1. The second-order valence-corrected chi connectivity index (χ2v) is 6.48. The van der Waals surface area contributed by atoms with E-state index >= 15 is 0 Å². The van der Waals surface area contributed by atoms with E-state index in [1.807, 2.05) is 18.2 Å². The Morgan fingerprint density at radius 3 is 2.26 bits per heavy atom. The van der Waals surface area contributed by atoms with Crippen molar-refractivity contribution in [2.45, 2.75) is 19.3 Å². The monoisotopic (exact) mass is 361 g/mol. The SMILES string of the molecule is N#C/C(=C/Nc1ccc(N2CCCCC2)cc1)C(=O)Nc1ccc(N)cc1. The third-order valence-electron chi connectivity index (χ3n) is 4.51. The molecule has 1 saturated heterocycles. The first-order chi connectivity index (χ1) is 13.2. The number of hydrogen-bond donors (Lipinski definition) is 3. The Kier molecular flexibility index (Phi) is 5.95. The quantitative estimate of drug-likeness (QED) is 0.429. The van der Waals surface area contributed by atoms with Gasteiger partial charge in [0.05, 0.1) is 0 Å². The summed E-state index contributed by atoms with van der Waals surface area (Å²) in [6.45, 7) is 2.19. The van der Waals surface area contributed by atoms with Crippen LogP contribution in [-0.4, -0.2) is 19.0 Å². The van der Waals surface area contributed by atoms with Gasteiger partial charge in [-0.1, -0.05) is 0 Å². The van der Waals surface area contributed by atoms with E-state index in [1.54, 1.807) is 24.3 Å². The largest absolute Gasteiger partial charge is 0.399 e. The van der Waals surface area contributed by atoms with E-state index in [9.17, 15) is 10.1 Å². The molecule has 0 atom stereocenters. The van der Waals surface area contributed by atoms with Gasteiger partial charge in [-0.15, -0.1) is 0 Å². The molecule has 6 nitrogen and oxygen atoms in total. The van der Waals surface area contributed by atoms with Crippen molar-refractivity contribution in [3.8, 4) is 6.07 Å². The molecule has 2 aromatic carbocycles. The van der Waals surface area contributed by atoms with E-state index in [0.717, 1.165) is 18.8 Å².